The molecule has 1 aliphatic carbocycles. The molecule has 35 heavy (non-hydrogen) atoms. The van der Waals surface area contributed by atoms with Crippen LogP contribution in [0.1, 0.15) is 55.4 Å². The number of nitrogens with zero attached hydrogens (tertiary/aromatic N) is 3. The fourth-order valence-electron chi connectivity index (χ4n) is 5.72. The maximum atomic E-state index is 15.5. The quantitative estimate of drug-likeness (QED) is 0.574. The molecule has 5 rings (SSSR count). The zero-order valence-electron chi connectivity index (χ0n) is 19.6. The first-order chi connectivity index (χ1) is 16.8. The highest BCUT2D eigenvalue weighted by atomic mass is 35.5. The number of aromatic carboxylic acids is 1. The van der Waals surface area contributed by atoms with Gasteiger partial charge in [-0.05, 0) is 51.1 Å². The number of hydrogen-bond donors (Lipinski definition) is 1. The van der Waals surface area contributed by atoms with Gasteiger partial charge in [-0.1, -0.05) is 11.6 Å². The zero-order valence-corrected chi connectivity index (χ0v) is 20.4. The van der Waals surface area contributed by atoms with Gasteiger partial charge in [0.25, 0.3) is 0 Å². The standard InChI is InChI=1S/C25H29ClFN3O5/c1-2-35-20(31)7-9-28-8-3-4-14-11-29(13-19(14)28)23-18(27)10-16-22(21(23)26)30(15-5-6-15)12-17(24(16)32)25(33)34/h10,12,14-15,19H,2-9,11,13H2,1H3,(H,33,34)/t14-,19+/m0/s1. The van der Waals surface area contributed by atoms with Gasteiger partial charge in [0.15, 0.2) is 0 Å². The minimum Gasteiger partial charge on any atom is -0.477 e. The van der Waals surface area contributed by atoms with Gasteiger partial charge in [0.1, 0.15) is 11.4 Å². The molecule has 2 aliphatic heterocycles. The molecule has 3 heterocycles. The molecular formula is C25H29ClFN3O5. The van der Waals surface area contributed by atoms with Gasteiger partial charge < -0.3 is 19.3 Å². The van der Waals surface area contributed by atoms with Crippen molar-refractivity contribution in [3.05, 3.63) is 38.9 Å². The maximum absolute atomic E-state index is 15.5. The minimum atomic E-state index is -1.33. The number of carbonyl (C=O) groups excluding carboxylic acids is 1. The molecule has 2 aromatic rings. The van der Waals surface area contributed by atoms with E-state index >= 15 is 4.39 Å². The third kappa shape index (κ3) is 4.40. The van der Waals surface area contributed by atoms with Crippen molar-refractivity contribution >= 4 is 40.1 Å². The van der Waals surface area contributed by atoms with Gasteiger partial charge in [0, 0.05) is 37.9 Å². The smallest absolute Gasteiger partial charge is 0.341 e. The highest BCUT2D eigenvalue weighted by Gasteiger charge is 2.41. The van der Waals surface area contributed by atoms with Crippen LogP contribution < -0.4 is 10.3 Å². The number of aromatic nitrogens is 1. The Hall–Kier alpha value is -2.65. The van der Waals surface area contributed by atoms with Crippen molar-refractivity contribution in [1.82, 2.24) is 9.47 Å². The van der Waals surface area contributed by atoms with Gasteiger partial charge in [-0.25, -0.2) is 9.18 Å². The van der Waals surface area contributed by atoms with Gasteiger partial charge in [0.2, 0.25) is 5.43 Å². The number of ether oxygens (including phenoxy) is 1. The number of anilines is 1. The molecule has 0 unspecified atom stereocenters. The lowest BCUT2D eigenvalue weighted by Crippen LogP contribution is -2.46. The lowest BCUT2D eigenvalue weighted by atomic mass is 9.92. The number of esters is 1. The molecule has 3 aliphatic rings. The number of carboxylic acids is 1. The van der Waals surface area contributed by atoms with E-state index in [4.69, 9.17) is 16.3 Å². The second-order valence-corrected chi connectivity index (χ2v) is 10.1. The fraction of sp³-hybridized carbons (Fsp3) is 0.560. The van der Waals surface area contributed by atoms with Crippen molar-refractivity contribution in [3.63, 3.8) is 0 Å². The van der Waals surface area contributed by atoms with Crippen LogP contribution in [0.4, 0.5) is 10.1 Å². The Morgan fingerprint density at radius 3 is 2.71 bits per heavy atom. The molecule has 0 bridgehead atoms. The molecule has 10 heteroatoms. The average Bonchev–Trinajstić information content (AvgIpc) is 3.57. The summed E-state index contributed by atoms with van der Waals surface area (Å²) >= 11 is 6.82. The number of piperidine rings is 1. The van der Waals surface area contributed by atoms with Gasteiger partial charge in [0.05, 0.1) is 34.6 Å². The largest absolute Gasteiger partial charge is 0.477 e. The van der Waals surface area contributed by atoms with Crippen LogP contribution >= 0.6 is 11.6 Å². The third-order valence-electron chi connectivity index (χ3n) is 7.47. The molecule has 188 valence electrons. The second kappa shape index (κ2) is 9.43. The molecule has 1 aromatic carbocycles. The normalized spacial score (nSPS) is 22.4. The van der Waals surface area contributed by atoms with Crippen LogP contribution in [0, 0.1) is 11.7 Å². The average molecular weight is 506 g/mol. The van der Waals surface area contributed by atoms with Crippen LogP contribution in [-0.2, 0) is 9.53 Å². The Morgan fingerprint density at radius 2 is 2.03 bits per heavy atom. The number of carbonyl (C=O) groups is 2. The molecular weight excluding hydrogens is 477 g/mol. The molecule has 0 spiro atoms. The topological polar surface area (TPSA) is 92.1 Å². The molecule has 3 fully saturated rings. The molecule has 1 saturated carbocycles. The summed E-state index contributed by atoms with van der Waals surface area (Å²) in [5, 5.41) is 9.63. The number of carboxylic acid groups (broad SMARTS) is 1. The van der Waals surface area contributed by atoms with E-state index in [1.807, 2.05) is 4.90 Å². The van der Waals surface area contributed by atoms with Gasteiger partial charge in [-0.15, -0.1) is 0 Å². The summed E-state index contributed by atoms with van der Waals surface area (Å²) in [6.45, 7) is 4.82. The summed E-state index contributed by atoms with van der Waals surface area (Å²) < 4.78 is 22.3. The van der Waals surface area contributed by atoms with Crippen LogP contribution in [0.15, 0.2) is 17.1 Å². The van der Waals surface area contributed by atoms with E-state index in [-0.39, 0.29) is 39.7 Å². The van der Waals surface area contributed by atoms with Crippen LogP contribution in [0.3, 0.4) is 0 Å². The van der Waals surface area contributed by atoms with Crippen molar-refractivity contribution in [2.75, 3.05) is 37.7 Å². The molecule has 2 saturated heterocycles. The number of benzene rings is 1. The van der Waals surface area contributed by atoms with E-state index in [2.05, 4.69) is 4.90 Å². The second-order valence-electron chi connectivity index (χ2n) is 9.70. The number of fused-ring (bicyclic) bond motifs is 2. The first-order valence-corrected chi connectivity index (χ1v) is 12.6. The molecule has 0 radical (unpaired) electrons. The highest BCUT2D eigenvalue weighted by molar-refractivity contribution is 6.38. The zero-order chi connectivity index (χ0) is 24.9. The van der Waals surface area contributed by atoms with Crippen LogP contribution in [-0.4, -0.2) is 65.3 Å². The number of likely N-dealkylation sites (tertiary alicyclic amines) is 1. The highest BCUT2D eigenvalue weighted by Crippen LogP contribution is 2.44. The van der Waals surface area contributed by atoms with Gasteiger partial charge in [-0.2, -0.15) is 0 Å². The van der Waals surface area contributed by atoms with Crippen LogP contribution in [0.2, 0.25) is 5.02 Å². The van der Waals surface area contributed by atoms with Gasteiger partial charge in [-0.3, -0.25) is 14.5 Å². The van der Waals surface area contributed by atoms with Crippen molar-refractivity contribution in [3.8, 4) is 0 Å². The van der Waals surface area contributed by atoms with E-state index in [0.29, 0.717) is 44.1 Å². The first-order valence-electron chi connectivity index (χ1n) is 12.2. The predicted octanol–water partition coefficient (Wildman–Crippen LogP) is 3.68. The van der Waals surface area contributed by atoms with Gasteiger partial charge >= 0.3 is 11.9 Å². The van der Waals surface area contributed by atoms with E-state index in [0.717, 1.165) is 38.3 Å². The van der Waals surface area contributed by atoms with E-state index in [1.54, 1.807) is 11.5 Å². The number of hydrogen-bond acceptors (Lipinski definition) is 6. The minimum absolute atomic E-state index is 0.00396. The SMILES string of the molecule is CCOC(=O)CCN1CCC[C@H]2CN(c3c(F)cc4c(=O)c(C(=O)O)cn(C5CC5)c4c3Cl)C[C@H]21. The molecule has 2 atom stereocenters. The third-order valence-corrected chi connectivity index (χ3v) is 7.83. The van der Waals surface area contributed by atoms with Crippen molar-refractivity contribution in [1.29, 1.82) is 0 Å². The van der Waals surface area contributed by atoms with E-state index in [1.165, 1.54) is 6.20 Å². The number of halogens is 2. The lowest BCUT2D eigenvalue weighted by molar-refractivity contribution is -0.143. The summed E-state index contributed by atoms with van der Waals surface area (Å²) in [5.41, 5.74) is -0.445. The Labute approximate surface area is 207 Å². The molecule has 1 aromatic heterocycles. The Morgan fingerprint density at radius 1 is 1.26 bits per heavy atom. The Kier molecular flexibility index (Phi) is 6.48. The van der Waals surface area contributed by atoms with E-state index in [9.17, 15) is 19.5 Å². The van der Waals surface area contributed by atoms with E-state index < -0.39 is 17.2 Å². The number of rotatable bonds is 7. The molecule has 0 amide bonds. The maximum Gasteiger partial charge on any atom is 0.341 e. The van der Waals surface area contributed by atoms with Crippen molar-refractivity contribution in [2.24, 2.45) is 5.92 Å². The van der Waals surface area contributed by atoms with Crippen LogP contribution in [0.5, 0.6) is 0 Å². The predicted molar refractivity (Wildman–Crippen MR) is 130 cm³/mol. The lowest BCUT2D eigenvalue weighted by Gasteiger charge is -2.36. The Balaban J connectivity index is 1.49. The molecule has 1 N–H and O–H groups in total. The first kappa shape index (κ1) is 24.1. The van der Waals surface area contributed by atoms with Crippen LogP contribution in [0.25, 0.3) is 10.9 Å². The molecule has 8 nitrogen and oxygen atoms in total. The van der Waals surface area contributed by atoms with Crippen molar-refractivity contribution in [2.45, 2.75) is 51.1 Å². The summed E-state index contributed by atoms with van der Waals surface area (Å²) in [6, 6.07) is 1.36. The van der Waals surface area contributed by atoms with Crippen molar-refractivity contribution < 1.29 is 23.8 Å². The summed E-state index contributed by atoms with van der Waals surface area (Å²) in [6.07, 6.45) is 5.39. The monoisotopic (exact) mass is 505 g/mol. The summed E-state index contributed by atoms with van der Waals surface area (Å²) in [5.74, 6) is -1.86. The number of pyridine rings is 1. The summed E-state index contributed by atoms with van der Waals surface area (Å²) in [4.78, 5) is 40.6. The summed E-state index contributed by atoms with van der Waals surface area (Å²) in [7, 11) is 0. The fourth-order valence-corrected chi connectivity index (χ4v) is 6.13. The Bertz CT molecular complexity index is 1240.